The summed E-state index contributed by atoms with van der Waals surface area (Å²) in [5, 5.41) is 10.9. The summed E-state index contributed by atoms with van der Waals surface area (Å²) in [4.78, 5) is 6.62. The number of likely N-dealkylation sites (N-methyl/N-ethyl adjacent to an activating group) is 1. The monoisotopic (exact) mass is 406 g/mol. The molecule has 5 heteroatoms. The molecule has 0 unspecified atom stereocenters. The molecule has 2 aliphatic rings. The number of aliphatic hydroxyl groups excluding tert-OH is 1. The van der Waals surface area contributed by atoms with Gasteiger partial charge in [0, 0.05) is 42.5 Å². The van der Waals surface area contributed by atoms with Crippen LogP contribution in [-0.2, 0) is 4.74 Å². The molecule has 1 saturated carbocycles. The van der Waals surface area contributed by atoms with Crippen molar-refractivity contribution in [1.82, 2.24) is 9.88 Å². The molecule has 4 nitrogen and oxygen atoms in total. The summed E-state index contributed by atoms with van der Waals surface area (Å²) in [6.45, 7) is 3.70. The van der Waals surface area contributed by atoms with Gasteiger partial charge in [-0.05, 0) is 53.8 Å². The van der Waals surface area contributed by atoms with Crippen LogP contribution in [0.1, 0.15) is 24.8 Å². The summed E-state index contributed by atoms with van der Waals surface area (Å²) < 4.78 is 5.48. The topological polar surface area (TPSA) is 45.6 Å². The summed E-state index contributed by atoms with van der Waals surface area (Å²) in [7, 11) is 2.00. The maximum absolute atomic E-state index is 9.23. The first kappa shape index (κ1) is 19.5. The van der Waals surface area contributed by atoms with E-state index in [1.807, 2.05) is 49.7 Å². The molecule has 1 aliphatic carbocycles. The molecule has 4 rings (SSSR count). The van der Waals surface area contributed by atoms with Gasteiger partial charge in [0.05, 0.1) is 10.5 Å². The second kappa shape index (κ2) is 8.27. The maximum Gasteiger partial charge on any atom is 0.185 e. The Morgan fingerprint density at radius 1 is 1.34 bits per heavy atom. The van der Waals surface area contributed by atoms with Gasteiger partial charge in [0.1, 0.15) is 5.76 Å². The third kappa shape index (κ3) is 4.00. The highest BCUT2D eigenvalue weighted by Crippen LogP contribution is 2.38. The highest BCUT2D eigenvalue weighted by atomic mass is 35.5. The predicted molar refractivity (Wildman–Crippen MR) is 118 cm³/mol. The van der Waals surface area contributed by atoms with E-state index in [9.17, 15) is 5.11 Å². The van der Waals surface area contributed by atoms with Crippen molar-refractivity contribution < 1.29 is 9.84 Å². The number of hydrogen-bond donors (Lipinski definition) is 1. The van der Waals surface area contributed by atoms with Gasteiger partial charge in [-0.1, -0.05) is 36.4 Å². The Kier molecular flexibility index (Phi) is 5.56. The van der Waals surface area contributed by atoms with E-state index in [-0.39, 0.29) is 6.79 Å². The number of aliphatic hydroxyl groups is 1. The molecule has 148 valence electrons. The van der Waals surface area contributed by atoms with Gasteiger partial charge in [-0.3, -0.25) is 4.98 Å². The molecule has 0 amide bonds. The molecular formula is C24H23ClN2O2. The van der Waals surface area contributed by atoms with Crippen LogP contribution in [-0.4, -0.2) is 28.8 Å². The van der Waals surface area contributed by atoms with Gasteiger partial charge >= 0.3 is 0 Å². The quantitative estimate of drug-likeness (QED) is 0.502. The van der Waals surface area contributed by atoms with E-state index in [1.165, 1.54) is 5.57 Å². The van der Waals surface area contributed by atoms with Crippen LogP contribution >= 0.6 is 11.6 Å². The molecule has 0 radical (unpaired) electrons. The van der Waals surface area contributed by atoms with Crippen molar-refractivity contribution in [2.24, 2.45) is 0 Å². The van der Waals surface area contributed by atoms with Crippen molar-refractivity contribution in [3.63, 3.8) is 0 Å². The van der Waals surface area contributed by atoms with Crippen LogP contribution in [0.4, 0.5) is 0 Å². The van der Waals surface area contributed by atoms with Crippen molar-refractivity contribution >= 4 is 28.1 Å². The lowest BCUT2D eigenvalue weighted by Gasteiger charge is -2.25. The normalized spacial score (nSPS) is 17.3. The number of hydrogen-bond acceptors (Lipinski definition) is 4. The van der Waals surface area contributed by atoms with Gasteiger partial charge in [-0.15, -0.1) is 0 Å². The van der Waals surface area contributed by atoms with E-state index in [1.54, 1.807) is 6.20 Å². The largest absolute Gasteiger partial charge is 0.472 e. The Hall–Kier alpha value is -2.82. The Morgan fingerprint density at radius 2 is 2.17 bits per heavy atom. The van der Waals surface area contributed by atoms with Crippen molar-refractivity contribution in [3.05, 3.63) is 94.7 Å². The lowest BCUT2D eigenvalue weighted by molar-refractivity contribution is 0.0391. The second-order valence-electron chi connectivity index (χ2n) is 7.12. The minimum atomic E-state index is -0.313. The molecule has 0 bridgehead atoms. The number of pyridine rings is 1. The number of halogens is 1. The Bertz CT molecular complexity index is 1090. The Labute approximate surface area is 175 Å². The van der Waals surface area contributed by atoms with Gasteiger partial charge in [0.25, 0.3) is 0 Å². The first-order chi connectivity index (χ1) is 14.1. The molecule has 1 fully saturated rings. The fraction of sp³-hybridized carbons (Fsp3) is 0.208. The third-order valence-electron chi connectivity index (χ3n) is 5.22. The molecular weight excluding hydrogens is 384 g/mol. The predicted octanol–water partition coefficient (Wildman–Crippen LogP) is 5.58. The van der Waals surface area contributed by atoms with E-state index in [2.05, 4.69) is 22.5 Å². The number of ether oxygens (including phenoxy) is 1. The fourth-order valence-corrected chi connectivity index (χ4v) is 3.84. The number of benzene rings is 1. The van der Waals surface area contributed by atoms with Crippen molar-refractivity contribution in [2.45, 2.75) is 19.3 Å². The number of allylic oxidation sites excluding steroid dienone is 6. The molecule has 1 aromatic heterocycles. The lowest BCUT2D eigenvalue weighted by atomic mass is 9.96. The van der Waals surface area contributed by atoms with Gasteiger partial charge in [0.2, 0.25) is 0 Å². The number of fused-ring (bicyclic) bond motifs is 1. The van der Waals surface area contributed by atoms with Crippen LogP contribution in [0.25, 0.3) is 16.5 Å². The number of rotatable bonds is 6. The summed E-state index contributed by atoms with van der Waals surface area (Å²) in [6, 6.07) is 7.86. The van der Waals surface area contributed by atoms with Gasteiger partial charge in [0.15, 0.2) is 6.79 Å². The van der Waals surface area contributed by atoms with E-state index < -0.39 is 0 Å². The van der Waals surface area contributed by atoms with E-state index in [0.29, 0.717) is 11.4 Å². The molecule has 0 atom stereocenters. The standard InChI is InChI=1S/C24H23ClN2O2/c1-3-16(14-22(29-15-28)17-6-7-17)21-13-19(10-12-27(21)2)23-20(25)9-8-18-5-4-11-26-24(18)23/h3-5,8-13,28H,1,6-7,14-15H2,2H3/b21-16+. The Morgan fingerprint density at radius 3 is 2.90 bits per heavy atom. The van der Waals surface area contributed by atoms with Crippen LogP contribution in [0.3, 0.4) is 0 Å². The first-order valence-corrected chi connectivity index (χ1v) is 9.96. The minimum Gasteiger partial charge on any atom is -0.472 e. The van der Waals surface area contributed by atoms with Crippen molar-refractivity contribution in [1.29, 1.82) is 0 Å². The molecule has 29 heavy (non-hydrogen) atoms. The van der Waals surface area contributed by atoms with E-state index >= 15 is 0 Å². The zero-order chi connectivity index (χ0) is 20.4. The third-order valence-corrected chi connectivity index (χ3v) is 5.54. The average molecular weight is 407 g/mol. The molecule has 0 saturated heterocycles. The summed E-state index contributed by atoms with van der Waals surface area (Å²) in [5.74, 6) is 0.845. The number of aromatic nitrogens is 1. The minimum absolute atomic E-state index is 0.313. The second-order valence-corrected chi connectivity index (χ2v) is 7.52. The van der Waals surface area contributed by atoms with Crippen LogP contribution < -0.4 is 0 Å². The zero-order valence-electron chi connectivity index (χ0n) is 16.4. The zero-order valence-corrected chi connectivity index (χ0v) is 17.1. The Balaban J connectivity index is 1.81. The first-order valence-electron chi connectivity index (χ1n) is 9.59. The van der Waals surface area contributed by atoms with Crippen LogP contribution in [0.5, 0.6) is 0 Å². The number of nitrogens with zero attached hydrogens (tertiary/aromatic N) is 2. The molecule has 2 aromatic rings. The van der Waals surface area contributed by atoms with Crippen LogP contribution in [0.2, 0.25) is 5.02 Å². The summed E-state index contributed by atoms with van der Waals surface area (Å²) in [6.07, 6.45) is 12.5. The summed E-state index contributed by atoms with van der Waals surface area (Å²) >= 11 is 6.59. The fourth-order valence-electron chi connectivity index (χ4n) is 3.58. The average Bonchev–Trinajstić information content (AvgIpc) is 3.57. The SMILES string of the molecule is C=C/C(CC(OCO)=C1CC1)=C1/C=C(c2c(Cl)ccc3cccnc23)C=CN1C. The van der Waals surface area contributed by atoms with E-state index in [0.717, 1.165) is 51.9 Å². The van der Waals surface area contributed by atoms with Crippen molar-refractivity contribution in [2.75, 3.05) is 13.8 Å². The van der Waals surface area contributed by atoms with Gasteiger partial charge < -0.3 is 14.7 Å². The molecule has 2 heterocycles. The highest BCUT2D eigenvalue weighted by molar-refractivity contribution is 6.33. The molecule has 0 spiro atoms. The van der Waals surface area contributed by atoms with Gasteiger partial charge in [-0.25, -0.2) is 0 Å². The van der Waals surface area contributed by atoms with Crippen molar-refractivity contribution in [3.8, 4) is 0 Å². The van der Waals surface area contributed by atoms with E-state index in [4.69, 9.17) is 16.3 Å². The summed E-state index contributed by atoms with van der Waals surface area (Å²) in [5.41, 5.74) is 6.10. The lowest BCUT2D eigenvalue weighted by Crippen LogP contribution is -2.15. The highest BCUT2D eigenvalue weighted by Gasteiger charge is 2.22. The smallest absolute Gasteiger partial charge is 0.185 e. The van der Waals surface area contributed by atoms with Crippen LogP contribution in [0, 0.1) is 0 Å². The molecule has 1 aromatic carbocycles. The molecule has 1 N–H and O–H groups in total. The van der Waals surface area contributed by atoms with Gasteiger partial charge in [-0.2, -0.15) is 0 Å². The maximum atomic E-state index is 9.23. The molecule has 1 aliphatic heterocycles. The van der Waals surface area contributed by atoms with Crippen LogP contribution in [0.15, 0.2) is 84.1 Å².